The summed E-state index contributed by atoms with van der Waals surface area (Å²) >= 11 is 0. The third-order valence-electron chi connectivity index (χ3n) is 5.33. The van der Waals surface area contributed by atoms with E-state index in [0.717, 1.165) is 41.1 Å². The van der Waals surface area contributed by atoms with Crippen LogP contribution in [0.1, 0.15) is 25.8 Å². The molecular formula is C22H20F5NO3. The van der Waals surface area contributed by atoms with E-state index in [1.807, 2.05) is 0 Å². The van der Waals surface area contributed by atoms with Gasteiger partial charge in [0.25, 0.3) is 0 Å². The first-order valence-electron chi connectivity index (χ1n) is 9.31. The Kier molecular flexibility index (Phi) is 5.60. The summed E-state index contributed by atoms with van der Waals surface area (Å²) in [7, 11) is 0. The van der Waals surface area contributed by atoms with Crippen LogP contribution < -0.4 is 5.43 Å². The highest BCUT2D eigenvalue weighted by molar-refractivity contribution is 5.79. The van der Waals surface area contributed by atoms with Crippen molar-refractivity contribution < 1.29 is 32.2 Å². The van der Waals surface area contributed by atoms with Crippen molar-refractivity contribution in [3.05, 3.63) is 76.1 Å². The van der Waals surface area contributed by atoms with Gasteiger partial charge < -0.3 is 14.8 Å². The van der Waals surface area contributed by atoms with Crippen LogP contribution in [-0.2, 0) is 12.0 Å². The maximum absolute atomic E-state index is 14.4. The Labute approximate surface area is 174 Å². The molecule has 9 heteroatoms. The molecule has 0 radical (unpaired) electrons. The maximum atomic E-state index is 14.4. The number of aromatic nitrogens is 1. The van der Waals surface area contributed by atoms with Gasteiger partial charge in [0.1, 0.15) is 17.4 Å². The largest absolute Gasteiger partial charge is 0.508 e. The molecule has 4 nitrogen and oxygen atoms in total. The molecule has 3 aromatic rings. The third-order valence-corrected chi connectivity index (χ3v) is 5.33. The fourth-order valence-electron chi connectivity index (χ4n) is 3.86. The number of halogens is 5. The summed E-state index contributed by atoms with van der Waals surface area (Å²) in [5.74, 6) is -2.09. The van der Waals surface area contributed by atoms with Gasteiger partial charge in [-0.3, -0.25) is 4.79 Å². The molecule has 1 aromatic heterocycles. The Morgan fingerprint density at radius 3 is 2.35 bits per heavy atom. The third kappa shape index (κ3) is 4.27. The van der Waals surface area contributed by atoms with Crippen molar-refractivity contribution in [2.45, 2.75) is 44.0 Å². The molecule has 31 heavy (non-hydrogen) atoms. The number of benzene rings is 2. The van der Waals surface area contributed by atoms with Gasteiger partial charge in [0.2, 0.25) is 0 Å². The van der Waals surface area contributed by atoms with E-state index in [9.17, 15) is 37.0 Å². The second-order valence-corrected chi connectivity index (χ2v) is 8.20. The van der Waals surface area contributed by atoms with Crippen molar-refractivity contribution >= 4 is 10.9 Å². The van der Waals surface area contributed by atoms with Gasteiger partial charge in [-0.1, -0.05) is 19.9 Å². The lowest BCUT2D eigenvalue weighted by atomic mass is 9.74. The van der Waals surface area contributed by atoms with E-state index in [2.05, 4.69) is 0 Å². The van der Waals surface area contributed by atoms with Crippen LogP contribution in [0, 0.1) is 11.6 Å². The molecule has 0 aliphatic heterocycles. The van der Waals surface area contributed by atoms with Crippen molar-refractivity contribution in [2.75, 3.05) is 0 Å². The minimum absolute atomic E-state index is 0.119. The van der Waals surface area contributed by atoms with Crippen molar-refractivity contribution in [1.82, 2.24) is 4.57 Å². The second kappa shape index (κ2) is 7.64. The maximum Gasteiger partial charge on any atom is 0.418 e. The lowest BCUT2D eigenvalue weighted by Gasteiger charge is -2.38. The summed E-state index contributed by atoms with van der Waals surface area (Å²) < 4.78 is 71.0. The predicted molar refractivity (Wildman–Crippen MR) is 105 cm³/mol. The van der Waals surface area contributed by atoms with E-state index in [1.165, 1.54) is 26.0 Å². The van der Waals surface area contributed by atoms with Crippen LogP contribution in [0.5, 0.6) is 5.75 Å². The zero-order chi connectivity index (χ0) is 23.2. The highest BCUT2D eigenvalue weighted by atomic mass is 19.4. The van der Waals surface area contributed by atoms with Crippen molar-refractivity contribution in [1.29, 1.82) is 0 Å². The Morgan fingerprint density at radius 1 is 1.03 bits per heavy atom. The smallest absolute Gasteiger partial charge is 0.418 e. The topological polar surface area (TPSA) is 62.5 Å². The number of fused-ring (bicyclic) bond motifs is 1. The Morgan fingerprint density at radius 2 is 1.71 bits per heavy atom. The summed E-state index contributed by atoms with van der Waals surface area (Å²) in [6, 6.07) is 7.40. The molecule has 1 heterocycles. The molecule has 2 N–H and O–H groups in total. The van der Waals surface area contributed by atoms with Crippen LogP contribution in [0.3, 0.4) is 0 Å². The van der Waals surface area contributed by atoms with Crippen molar-refractivity contribution in [3.63, 3.8) is 0 Å². The molecule has 0 aliphatic carbocycles. The summed E-state index contributed by atoms with van der Waals surface area (Å²) in [5.41, 5.74) is -5.98. The molecule has 2 aromatic carbocycles. The highest BCUT2D eigenvalue weighted by Crippen LogP contribution is 2.44. The van der Waals surface area contributed by atoms with Gasteiger partial charge in [0.15, 0.2) is 11.0 Å². The first-order valence-corrected chi connectivity index (χ1v) is 9.31. The molecule has 1 unspecified atom stereocenters. The number of aliphatic hydroxyl groups is 1. The van der Waals surface area contributed by atoms with Gasteiger partial charge in [-0.25, -0.2) is 8.78 Å². The van der Waals surface area contributed by atoms with Gasteiger partial charge in [0.05, 0.1) is 12.1 Å². The molecule has 0 saturated carbocycles. The monoisotopic (exact) mass is 441 g/mol. The Bertz CT molecular complexity index is 1190. The lowest BCUT2D eigenvalue weighted by Crippen LogP contribution is -2.52. The predicted octanol–water partition coefficient (Wildman–Crippen LogP) is 4.65. The van der Waals surface area contributed by atoms with Crippen molar-refractivity contribution in [2.24, 2.45) is 0 Å². The Hall–Kier alpha value is -2.94. The molecule has 0 aliphatic rings. The summed E-state index contributed by atoms with van der Waals surface area (Å²) in [5, 5.41) is 20.7. The number of nitrogens with zero attached hydrogens (tertiary/aromatic N) is 1. The minimum Gasteiger partial charge on any atom is -0.508 e. The van der Waals surface area contributed by atoms with Gasteiger partial charge in [-0.05, 0) is 42.2 Å². The number of phenolic OH excluding ortho intramolecular Hbond substituents is 1. The normalized spacial score (nSPS) is 14.6. The van der Waals surface area contributed by atoms with E-state index >= 15 is 0 Å². The zero-order valence-corrected chi connectivity index (χ0v) is 16.7. The number of alkyl halides is 3. The van der Waals surface area contributed by atoms with Crippen LogP contribution in [0.15, 0.2) is 53.5 Å². The molecule has 3 rings (SSSR count). The Balaban J connectivity index is 2.11. The molecule has 0 amide bonds. The average molecular weight is 441 g/mol. The van der Waals surface area contributed by atoms with Crippen LogP contribution in [-0.4, -0.2) is 26.6 Å². The quantitative estimate of drug-likeness (QED) is 0.567. The number of aromatic hydroxyl groups is 1. The lowest BCUT2D eigenvalue weighted by molar-refractivity contribution is -0.271. The molecular weight excluding hydrogens is 421 g/mol. The summed E-state index contributed by atoms with van der Waals surface area (Å²) in [6.45, 7) is 1.53. The van der Waals surface area contributed by atoms with Crippen LogP contribution in [0.4, 0.5) is 22.0 Å². The molecule has 0 fully saturated rings. The van der Waals surface area contributed by atoms with E-state index in [0.29, 0.717) is 0 Å². The van der Waals surface area contributed by atoms with E-state index in [-0.39, 0.29) is 16.5 Å². The van der Waals surface area contributed by atoms with Gasteiger partial charge in [-0.2, -0.15) is 13.2 Å². The SMILES string of the molecule is CC(C)(CC(O)(Cn1ccc(=O)c2cccc(F)c21)C(F)(F)F)c1cc(F)ccc1O. The van der Waals surface area contributed by atoms with Gasteiger partial charge >= 0.3 is 6.18 Å². The molecule has 0 bridgehead atoms. The average Bonchev–Trinajstić information content (AvgIpc) is 2.65. The van der Waals surface area contributed by atoms with E-state index in [1.54, 1.807) is 0 Å². The second-order valence-electron chi connectivity index (χ2n) is 8.20. The zero-order valence-electron chi connectivity index (χ0n) is 16.7. The standard InChI is InChI=1S/C22H20F5NO3/c1-20(2,15-10-13(23)6-7-18(15)30)11-21(31,22(25,26)27)12-28-9-8-17(29)14-4-3-5-16(24)19(14)28/h3-10,30-31H,11-12H2,1-2H3. The van der Waals surface area contributed by atoms with Crippen molar-refractivity contribution in [3.8, 4) is 5.75 Å². The van der Waals surface area contributed by atoms with E-state index in [4.69, 9.17) is 0 Å². The molecule has 0 spiro atoms. The number of pyridine rings is 1. The number of hydrogen-bond donors (Lipinski definition) is 2. The van der Waals surface area contributed by atoms with Crippen LogP contribution in [0.25, 0.3) is 10.9 Å². The van der Waals surface area contributed by atoms with Crippen LogP contribution >= 0.6 is 0 Å². The van der Waals surface area contributed by atoms with Gasteiger partial charge in [0, 0.05) is 23.2 Å². The molecule has 0 saturated heterocycles. The summed E-state index contributed by atoms with van der Waals surface area (Å²) in [4.78, 5) is 12.0. The molecule has 1 atom stereocenters. The number of rotatable bonds is 5. The fourth-order valence-corrected chi connectivity index (χ4v) is 3.86. The summed E-state index contributed by atoms with van der Waals surface area (Å²) in [6.07, 6.45) is -5.15. The highest BCUT2D eigenvalue weighted by Gasteiger charge is 2.56. The van der Waals surface area contributed by atoms with Crippen LogP contribution in [0.2, 0.25) is 0 Å². The number of para-hydroxylation sites is 1. The minimum atomic E-state index is -5.16. The number of hydrogen-bond acceptors (Lipinski definition) is 3. The fraction of sp³-hybridized carbons (Fsp3) is 0.318. The first-order chi connectivity index (χ1) is 14.2. The van der Waals surface area contributed by atoms with E-state index < -0.39 is 53.0 Å². The van der Waals surface area contributed by atoms with Gasteiger partial charge in [-0.15, -0.1) is 0 Å². The number of phenols is 1. The molecule has 166 valence electrons. The first kappa shape index (κ1) is 22.7.